The Morgan fingerprint density at radius 3 is 2.75 bits per heavy atom. The van der Waals surface area contributed by atoms with Crippen LogP contribution in [0.1, 0.15) is 50.7 Å². The number of ether oxygens (including phenoxy) is 1. The SMILES string of the molecule is CC1(C)CCC(OCc2cccc(C#CCO)c2)CC1. The molecular weight excluding hydrogens is 248 g/mol. The third-order valence-electron chi connectivity index (χ3n) is 4.01. The summed E-state index contributed by atoms with van der Waals surface area (Å²) in [5, 5.41) is 8.71. The predicted octanol–water partition coefficient (Wildman–Crippen LogP) is 3.52. The lowest BCUT2D eigenvalue weighted by Gasteiger charge is -2.34. The highest BCUT2D eigenvalue weighted by Crippen LogP contribution is 2.36. The van der Waals surface area contributed by atoms with Gasteiger partial charge in [0, 0.05) is 5.56 Å². The molecule has 1 aliphatic rings. The molecule has 1 aromatic rings. The smallest absolute Gasteiger partial charge is 0.104 e. The van der Waals surface area contributed by atoms with Crippen LogP contribution >= 0.6 is 0 Å². The summed E-state index contributed by atoms with van der Waals surface area (Å²) in [7, 11) is 0. The quantitative estimate of drug-likeness (QED) is 0.853. The van der Waals surface area contributed by atoms with Gasteiger partial charge in [0.2, 0.25) is 0 Å². The number of aliphatic hydroxyl groups excluding tert-OH is 1. The summed E-state index contributed by atoms with van der Waals surface area (Å²) < 4.78 is 6.02. The van der Waals surface area contributed by atoms with E-state index in [-0.39, 0.29) is 6.61 Å². The Morgan fingerprint density at radius 1 is 1.30 bits per heavy atom. The molecule has 0 unspecified atom stereocenters. The van der Waals surface area contributed by atoms with Crippen molar-refractivity contribution in [3.8, 4) is 11.8 Å². The summed E-state index contributed by atoms with van der Waals surface area (Å²) in [6.45, 7) is 5.23. The number of hydrogen-bond acceptors (Lipinski definition) is 2. The summed E-state index contributed by atoms with van der Waals surface area (Å²) >= 11 is 0. The van der Waals surface area contributed by atoms with Crippen molar-refractivity contribution >= 4 is 0 Å². The zero-order valence-electron chi connectivity index (χ0n) is 12.5. The molecule has 1 aliphatic carbocycles. The van der Waals surface area contributed by atoms with Crippen LogP contribution in [-0.2, 0) is 11.3 Å². The van der Waals surface area contributed by atoms with Gasteiger partial charge in [-0.05, 0) is 48.8 Å². The normalized spacial score (nSPS) is 18.4. The van der Waals surface area contributed by atoms with Crippen LogP contribution in [0.5, 0.6) is 0 Å². The van der Waals surface area contributed by atoms with E-state index in [0.29, 0.717) is 18.1 Å². The van der Waals surface area contributed by atoms with Gasteiger partial charge in [0.05, 0.1) is 12.7 Å². The van der Waals surface area contributed by atoms with Gasteiger partial charge >= 0.3 is 0 Å². The number of benzene rings is 1. The Bertz CT molecular complexity index is 484. The fourth-order valence-electron chi connectivity index (χ4n) is 2.63. The van der Waals surface area contributed by atoms with E-state index in [2.05, 4.69) is 31.8 Å². The molecule has 0 bridgehead atoms. The highest BCUT2D eigenvalue weighted by Gasteiger charge is 2.27. The highest BCUT2D eigenvalue weighted by atomic mass is 16.5. The zero-order chi connectivity index (χ0) is 14.4. The lowest BCUT2D eigenvalue weighted by Crippen LogP contribution is -2.26. The molecular formula is C18H24O2. The van der Waals surface area contributed by atoms with Gasteiger partial charge in [-0.1, -0.05) is 37.8 Å². The maximum absolute atomic E-state index is 8.71. The van der Waals surface area contributed by atoms with Crippen LogP contribution in [0.2, 0.25) is 0 Å². The van der Waals surface area contributed by atoms with Gasteiger partial charge in [0.25, 0.3) is 0 Å². The summed E-state index contributed by atoms with van der Waals surface area (Å²) in [4.78, 5) is 0. The molecule has 0 radical (unpaired) electrons. The first-order chi connectivity index (χ1) is 9.59. The summed E-state index contributed by atoms with van der Waals surface area (Å²) in [6, 6.07) is 8.05. The number of hydrogen-bond donors (Lipinski definition) is 1. The first-order valence-electron chi connectivity index (χ1n) is 7.39. The maximum Gasteiger partial charge on any atom is 0.104 e. The van der Waals surface area contributed by atoms with Crippen LogP contribution < -0.4 is 0 Å². The van der Waals surface area contributed by atoms with E-state index in [0.717, 1.165) is 24.0 Å². The van der Waals surface area contributed by atoms with E-state index in [9.17, 15) is 0 Å². The average Bonchev–Trinajstić information content (AvgIpc) is 2.44. The number of aliphatic hydroxyl groups is 1. The molecule has 2 rings (SSSR count). The van der Waals surface area contributed by atoms with Gasteiger partial charge in [0.15, 0.2) is 0 Å². The molecule has 2 heteroatoms. The van der Waals surface area contributed by atoms with Crippen molar-refractivity contribution in [1.82, 2.24) is 0 Å². The minimum Gasteiger partial charge on any atom is -0.384 e. The van der Waals surface area contributed by atoms with Crippen molar-refractivity contribution in [2.24, 2.45) is 5.41 Å². The largest absolute Gasteiger partial charge is 0.384 e. The summed E-state index contributed by atoms with van der Waals surface area (Å²) in [6.07, 6.45) is 5.23. The minimum atomic E-state index is -0.0986. The van der Waals surface area contributed by atoms with Gasteiger partial charge in [-0.25, -0.2) is 0 Å². The Balaban J connectivity index is 1.85. The molecule has 0 spiro atoms. The van der Waals surface area contributed by atoms with Crippen LogP contribution in [0.15, 0.2) is 24.3 Å². The second-order valence-electron chi connectivity index (χ2n) is 6.33. The molecule has 108 valence electrons. The fourth-order valence-corrected chi connectivity index (χ4v) is 2.63. The maximum atomic E-state index is 8.71. The monoisotopic (exact) mass is 272 g/mol. The Labute approximate surface area is 122 Å². The minimum absolute atomic E-state index is 0.0986. The Kier molecular flexibility index (Phi) is 5.23. The third kappa shape index (κ3) is 4.67. The lowest BCUT2D eigenvalue weighted by atomic mass is 9.76. The van der Waals surface area contributed by atoms with Crippen molar-refractivity contribution in [2.75, 3.05) is 6.61 Å². The van der Waals surface area contributed by atoms with Crippen LogP contribution in [-0.4, -0.2) is 17.8 Å². The lowest BCUT2D eigenvalue weighted by molar-refractivity contribution is -0.00559. The highest BCUT2D eigenvalue weighted by molar-refractivity contribution is 5.36. The molecule has 0 amide bonds. The van der Waals surface area contributed by atoms with E-state index in [1.807, 2.05) is 18.2 Å². The molecule has 20 heavy (non-hydrogen) atoms. The summed E-state index contributed by atoms with van der Waals surface area (Å²) in [5.41, 5.74) is 2.57. The van der Waals surface area contributed by atoms with Crippen molar-refractivity contribution in [3.05, 3.63) is 35.4 Å². The van der Waals surface area contributed by atoms with E-state index in [1.165, 1.54) is 12.8 Å². The van der Waals surface area contributed by atoms with Crippen LogP contribution in [0, 0.1) is 17.3 Å². The average molecular weight is 272 g/mol. The molecule has 0 aliphatic heterocycles. The van der Waals surface area contributed by atoms with E-state index in [1.54, 1.807) is 0 Å². The predicted molar refractivity (Wildman–Crippen MR) is 81.2 cm³/mol. The Morgan fingerprint density at radius 2 is 2.05 bits per heavy atom. The molecule has 1 fully saturated rings. The second kappa shape index (κ2) is 6.92. The molecule has 1 N–H and O–H groups in total. The number of rotatable bonds is 3. The van der Waals surface area contributed by atoms with Crippen molar-refractivity contribution < 1.29 is 9.84 Å². The first-order valence-corrected chi connectivity index (χ1v) is 7.39. The van der Waals surface area contributed by atoms with Crippen molar-refractivity contribution in [3.63, 3.8) is 0 Å². The van der Waals surface area contributed by atoms with Crippen LogP contribution in [0.4, 0.5) is 0 Å². The van der Waals surface area contributed by atoms with Crippen molar-refractivity contribution in [2.45, 2.75) is 52.2 Å². The summed E-state index contributed by atoms with van der Waals surface area (Å²) in [5.74, 6) is 5.60. The van der Waals surface area contributed by atoms with E-state index >= 15 is 0 Å². The molecule has 2 nitrogen and oxygen atoms in total. The van der Waals surface area contributed by atoms with Gasteiger partial charge in [-0.3, -0.25) is 0 Å². The molecule has 1 saturated carbocycles. The van der Waals surface area contributed by atoms with Gasteiger partial charge in [-0.2, -0.15) is 0 Å². The molecule has 0 atom stereocenters. The Hall–Kier alpha value is -1.30. The van der Waals surface area contributed by atoms with E-state index in [4.69, 9.17) is 9.84 Å². The van der Waals surface area contributed by atoms with Gasteiger partial charge in [-0.15, -0.1) is 0 Å². The van der Waals surface area contributed by atoms with Crippen LogP contribution in [0.3, 0.4) is 0 Å². The topological polar surface area (TPSA) is 29.5 Å². The molecule has 0 saturated heterocycles. The third-order valence-corrected chi connectivity index (χ3v) is 4.01. The fraction of sp³-hybridized carbons (Fsp3) is 0.556. The van der Waals surface area contributed by atoms with Crippen LogP contribution in [0.25, 0.3) is 0 Å². The second-order valence-corrected chi connectivity index (χ2v) is 6.33. The standard InChI is InChI=1S/C18H24O2/c1-18(2)10-8-17(9-11-18)20-14-16-6-3-5-15(13-16)7-4-12-19/h3,5-6,13,17,19H,8-12,14H2,1-2H3. The molecule has 0 aromatic heterocycles. The van der Waals surface area contributed by atoms with E-state index < -0.39 is 0 Å². The van der Waals surface area contributed by atoms with Crippen molar-refractivity contribution in [1.29, 1.82) is 0 Å². The van der Waals surface area contributed by atoms with Gasteiger partial charge in [0.1, 0.15) is 6.61 Å². The first kappa shape index (κ1) is 15.1. The molecule has 1 aromatic carbocycles. The molecule has 0 heterocycles. The van der Waals surface area contributed by atoms with Gasteiger partial charge < -0.3 is 9.84 Å². The zero-order valence-corrected chi connectivity index (χ0v) is 12.5.